The van der Waals surface area contributed by atoms with E-state index in [9.17, 15) is 9.90 Å². The van der Waals surface area contributed by atoms with Gasteiger partial charge in [0.15, 0.2) is 0 Å². The Morgan fingerprint density at radius 3 is 2.82 bits per heavy atom. The lowest BCUT2D eigenvalue weighted by Gasteiger charge is -2.19. The van der Waals surface area contributed by atoms with Crippen molar-refractivity contribution in [3.05, 3.63) is 28.8 Å². The van der Waals surface area contributed by atoms with E-state index < -0.39 is 5.97 Å². The van der Waals surface area contributed by atoms with E-state index in [2.05, 4.69) is 0 Å². The van der Waals surface area contributed by atoms with Gasteiger partial charge >= 0.3 is 5.97 Å². The van der Waals surface area contributed by atoms with Crippen LogP contribution in [0.15, 0.2) is 12.1 Å². The van der Waals surface area contributed by atoms with E-state index in [-0.39, 0.29) is 0 Å². The van der Waals surface area contributed by atoms with Gasteiger partial charge in [0.05, 0.1) is 12.2 Å². The molecule has 0 spiro atoms. The molecule has 0 saturated heterocycles. The summed E-state index contributed by atoms with van der Waals surface area (Å²) in [6, 6.07) is 3.68. The number of carbonyl (C=O) groups is 1. The van der Waals surface area contributed by atoms with E-state index in [1.165, 1.54) is 0 Å². The summed E-state index contributed by atoms with van der Waals surface area (Å²) in [6.45, 7) is 2.67. The number of hydrogen-bond acceptors (Lipinski definition) is 2. The molecule has 3 nitrogen and oxygen atoms in total. The summed E-state index contributed by atoms with van der Waals surface area (Å²) in [5, 5.41) is 9.24. The number of aryl methyl sites for hydroxylation is 1. The van der Waals surface area contributed by atoms with Crippen molar-refractivity contribution >= 4 is 5.97 Å². The van der Waals surface area contributed by atoms with Crippen molar-refractivity contribution in [1.29, 1.82) is 0 Å². The molecule has 0 aromatic heterocycles. The molecule has 1 aromatic rings. The van der Waals surface area contributed by atoms with Gasteiger partial charge in [0.25, 0.3) is 0 Å². The van der Waals surface area contributed by atoms with Crippen LogP contribution < -0.4 is 4.74 Å². The number of benzene rings is 1. The Kier molecular flexibility index (Phi) is 3.67. The van der Waals surface area contributed by atoms with Gasteiger partial charge in [0.1, 0.15) is 5.75 Å². The quantitative estimate of drug-likeness (QED) is 0.871. The molecule has 0 fully saturated rings. The van der Waals surface area contributed by atoms with Crippen LogP contribution in [0.25, 0.3) is 0 Å². The minimum Gasteiger partial charge on any atom is -0.494 e. The number of fused-ring (bicyclic) bond motifs is 1. The van der Waals surface area contributed by atoms with Crippen LogP contribution in [0.4, 0.5) is 0 Å². The SMILES string of the molecule is CCCOc1cc2c(c(C(=O)O)c1)CCCC2. The van der Waals surface area contributed by atoms with Gasteiger partial charge in [-0.15, -0.1) is 0 Å². The summed E-state index contributed by atoms with van der Waals surface area (Å²) < 4.78 is 5.55. The van der Waals surface area contributed by atoms with Crippen molar-refractivity contribution < 1.29 is 14.6 Å². The average Bonchev–Trinajstić information content (AvgIpc) is 2.35. The Hall–Kier alpha value is -1.51. The average molecular weight is 234 g/mol. The van der Waals surface area contributed by atoms with E-state index in [0.29, 0.717) is 17.9 Å². The molecule has 1 aliphatic carbocycles. The number of ether oxygens (including phenoxy) is 1. The lowest BCUT2D eigenvalue weighted by molar-refractivity contribution is 0.0694. The highest BCUT2D eigenvalue weighted by Crippen LogP contribution is 2.29. The number of carboxylic acids is 1. The minimum absolute atomic E-state index is 0.424. The smallest absolute Gasteiger partial charge is 0.336 e. The maximum atomic E-state index is 11.2. The molecular formula is C14H18O3. The number of rotatable bonds is 4. The van der Waals surface area contributed by atoms with Crippen molar-refractivity contribution in [1.82, 2.24) is 0 Å². The molecule has 0 radical (unpaired) electrons. The highest BCUT2D eigenvalue weighted by atomic mass is 16.5. The zero-order valence-electron chi connectivity index (χ0n) is 10.2. The summed E-state index contributed by atoms with van der Waals surface area (Å²) in [4.78, 5) is 11.2. The second-order valence-corrected chi connectivity index (χ2v) is 4.47. The van der Waals surface area contributed by atoms with E-state index in [1.54, 1.807) is 6.07 Å². The molecule has 0 atom stereocenters. The maximum Gasteiger partial charge on any atom is 0.336 e. The van der Waals surface area contributed by atoms with Crippen LogP contribution >= 0.6 is 0 Å². The van der Waals surface area contributed by atoms with Gasteiger partial charge < -0.3 is 9.84 Å². The summed E-state index contributed by atoms with van der Waals surface area (Å²) in [5.74, 6) is -0.144. The minimum atomic E-state index is -0.843. The van der Waals surface area contributed by atoms with Crippen LogP contribution in [-0.4, -0.2) is 17.7 Å². The summed E-state index contributed by atoms with van der Waals surface area (Å²) in [5.41, 5.74) is 2.59. The molecule has 0 bridgehead atoms. The van der Waals surface area contributed by atoms with Crippen LogP contribution in [0.5, 0.6) is 5.75 Å². The second kappa shape index (κ2) is 5.21. The number of hydrogen-bond donors (Lipinski definition) is 1. The third kappa shape index (κ3) is 2.60. The van der Waals surface area contributed by atoms with Gasteiger partial charge in [0.2, 0.25) is 0 Å². The van der Waals surface area contributed by atoms with Crippen LogP contribution in [0.2, 0.25) is 0 Å². The summed E-state index contributed by atoms with van der Waals surface area (Å²) >= 11 is 0. The molecule has 1 aliphatic rings. The fourth-order valence-electron chi connectivity index (χ4n) is 2.33. The monoisotopic (exact) mass is 234 g/mol. The van der Waals surface area contributed by atoms with E-state index in [1.807, 2.05) is 13.0 Å². The van der Waals surface area contributed by atoms with Crippen molar-refractivity contribution in [2.24, 2.45) is 0 Å². The van der Waals surface area contributed by atoms with E-state index in [0.717, 1.165) is 43.2 Å². The van der Waals surface area contributed by atoms with Gasteiger partial charge in [0, 0.05) is 0 Å². The largest absolute Gasteiger partial charge is 0.494 e. The lowest BCUT2D eigenvalue weighted by Crippen LogP contribution is -2.11. The molecule has 0 heterocycles. The first kappa shape index (κ1) is 12.0. The highest BCUT2D eigenvalue weighted by Gasteiger charge is 2.19. The second-order valence-electron chi connectivity index (χ2n) is 4.47. The zero-order valence-corrected chi connectivity index (χ0v) is 10.2. The molecule has 0 amide bonds. The molecule has 1 N–H and O–H groups in total. The molecule has 3 heteroatoms. The highest BCUT2D eigenvalue weighted by molar-refractivity contribution is 5.90. The van der Waals surface area contributed by atoms with Crippen LogP contribution in [0.1, 0.15) is 47.7 Å². The first-order valence-corrected chi connectivity index (χ1v) is 6.24. The molecule has 0 saturated carbocycles. The zero-order chi connectivity index (χ0) is 12.3. The van der Waals surface area contributed by atoms with Crippen LogP contribution in [0, 0.1) is 0 Å². The third-order valence-electron chi connectivity index (χ3n) is 3.14. The molecule has 17 heavy (non-hydrogen) atoms. The van der Waals surface area contributed by atoms with Crippen molar-refractivity contribution in [3.8, 4) is 5.75 Å². The molecule has 0 unspecified atom stereocenters. The fraction of sp³-hybridized carbons (Fsp3) is 0.500. The van der Waals surface area contributed by atoms with Gasteiger partial charge in [-0.1, -0.05) is 6.92 Å². The Balaban J connectivity index is 2.37. The predicted octanol–water partition coefficient (Wildman–Crippen LogP) is 3.05. The van der Waals surface area contributed by atoms with Crippen molar-refractivity contribution in [2.45, 2.75) is 39.0 Å². The van der Waals surface area contributed by atoms with E-state index >= 15 is 0 Å². The lowest BCUT2D eigenvalue weighted by atomic mass is 9.88. The van der Waals surface area contributed by atoms with Crippen molar-refractivity contribution in [2.75, 3.05) is 6.61 Å². The Bertz CT molecular complexity index is 424. The Labute approximate surface area is 101 Å². The summed E-state index contributed by atoms with van der Waals surface area (Å²) in [7, 11) is 0. The molecule has 0 aliphatic heterocycles. The van der Waals surface area contributed by atoms with Crippen LogP contribution in [0.3, 0.4) is 0 Å². The van der Waals surface area contributed by atoms with Gasteiger partial charge in [-0.05, 0) is 55.4 Å². The van der Waals surface area contributed by atoms with E-state index in [4.69, 9.17) is 4.74 Å². The van der Waals surface area contributed by atoms with Gasteiger partial charge in [-0.3, -0.25) is 0 Å². The topological polar surface area (TPSA) is 46.5 Å². The molecule has 92 valence electrons. The molecular weight excluding hydrogens is 216 g/mol. The molecule has 2 rings (SSSR count). The number of carboxylic acid groups (broad SMARTS) is 1. The molecule has 1 aromatic carbocycles. The maximum absolute atomic E-state index is 11.2. The summed E-state index contributed by atoms with van der Waals surface area (Å²) in [6.07, 6.45) is 5.01. The normalized spacial score (nSPS) is 14.2. The Morgan fingerprint density at radius 2 is 2.12 bits per heavy atom. The van der Waals surface area contributed by atoms with Gasteiger partial charge in [-0.25, -0.2) is 4.79 Å². The Morgan fingerprint density at radius 1 is 1.35 bits per heavy atom. The third-order valence-corrected chi connectivity index (χ3v) is 3.14. The standard InChI is InChI=1S/C14H18O3/c1-2-7-17-11-8-10-5-3-4-6-12(10)13(9-11)14(15)16/h8-9H,2-7H2,1H3,(H,15,16). The first-order valence-electron chi connectivity index (χ1n) is 6.24. The number of aromatic carboxylic acids is 1. The van der Waals surface area contributed by atoms with Crippen LogP contribution in [-0.2, 0) is 12.8 Å². The fourth-order valence-corrected chi connectivity index (χ4v) is 2.33. The first-order chi connectivity index (χ1) is 8.22. The van der Waals surface area contributed by atoms with Crippen molar-refractivity contribution in [3.63, 3.8) is 0 Å². The van der Waals surface area contributed by atoms with Gasteiger partial charge in [-0.2, -0.15) is 0 Å². The predicted molar refractivity (Wildman–Crippen MR) is 65.8 cm³/mol.